The van der Waals surface area contributed by atoms with Crippen molar-refractivity contribution in [3.05, 3.63) is 59.7 Å². The predicted molar refractivity (Wildman–Crippen MR) is 107 cm³/mol. The Kier molecular flexibility index (Phi) is 5.13. The summed E-state index contributed by atoms with van der Waals surface area (Å²) in [6, 6.07) is 15.6. The molecule has 0 amide bonds. The number of sulfonamides is 1. The summed E-state index contributed by atoms with van der Waals surface area (Å²) in [5.74, 6) is 0. The maximum atomic E-state index is 13.0. The van der Waals surface area contributed by atoms with Gasteiger partial charge < -0.3 is 4.90 Å². The van der Waals surface area contributed by atoms with Crippen LogP contribution in [0, 0.1) is 6.92 Å². The SMILES string of the molecule is Cc1ccccc1N1CCN(S(=O)(=O)c2ccc(C(C)(C)C)cc2)CC1. The molecule has 1 fully saturated rings. The molecule has 2 aromatic carbocycles. The summed E-state index contributed by atoms with van der Waals surface area (Å²) in [6.45, 7) is 10.9. The lowest BCUT2D eigenvalue weighted by molar-refractivity contribution is 0.384. The second kappa shape index (κ2) is 7.05. The van der Waals surface area contributed by atoms with Gasteiger partial charge in [0.15, 0.2) is 0 Å². The topological polar surface area (TPSA) is 40.6 Å². The number of rotatable bonds is 3. The molecule has 0 aromatic heterocycles. The van der Waals surface area contributed by atoms with Crippen LogP contribution in [-0.2, 0) is 15.4 Å². The van der Waals surface area contributed by atoms with Crippen molar-refractivity contribution in [1.82, 2.24) is 4.31 Å². The number of anilines is 1. The molecule has 1 saturated heterocycles. The monoisotopic (exact) mass is 372 g/mol. The fraction of sp³-hybridized carbons (Fsp3) is 0.429. The quantitative estimate of drug-likeness (QED) is 0.823. The van der Waals surface area contributed by atoms with Crippen LogP contribution in [0.1, 0.15) is 31.9 Å². The number of nitrogens with zero attached hydrogens (tertiary/aromatic N) is 2. The minimum atomic E-state index is -3.43. The third-order valence-corrected chi connectivity index (χ3v) is 6.97. The summed E-state index contributed by atoms with van der Waals surface area (Å²) in [5.41, 5.74) is 3.57. The average Bonchev–Trinajstić information content (AvgIpc) is 2.62. The summed E-state index contributed by atoms with van der Waals surface area (Å²) in [5, 5.41) is 0. The summed E-state index contributed by atoms with van der Waals surface area (Å²) in [7, 11) is -3.43. The lowest BCUT2D eigenvalue weighted by Crippen LogP contribution is -2.48. The summed E-state index contributed by atoms with van der Waals surface area (Å²) < 4.78 is 27.5. The molecular weight excluding hydrogens is 344 g/mol. The second-order valence-electron chi connectivity index (χ2n) is 7.95. The van der Waals surface area contributed by atoms with Crippen LogP contribution in [-0.4, -0.2) is 38.9 Å². The van der Waals surface area contributed by atoms with E-state index in [9.17, 15) is 8.42 Å². The van der Waals surface area contributed by atoms with Crippen LogP contribution in [0.4, 0.5) is 5.69 Å². The van der Waals surface area contributed by atoms with Gasteiger partial charge in [-0.15, -0.1) is 0 Å². The Hall–Kier alpha value is -1.85. The molecule has 0 unspecified atom stereocenters. The van der Waals surface area contributed by atoms with Crippen LogP contribution in [0.3, 0.4) is 0 Å². The van der Waals surface area contributed by atoms with Crippen molar-refractivity contribution in [2.24, 2.45) is 0 Å². The molecule has 0 N–H and O–H groups in total. The third kappa shape index (κ3) is 3.79. The third-order valence-electron chi connectivity index (χ3n) is 5.05. The molecule has 1 aliphatic heterocycles. The Labute approximate surface area is 157 Å². The minimum Gasteiger partial charge on any atom is -0.369 e. The van der Waals surface area contributed by atoms with E-state index in [4.69, 9.17) is 0 Å². The molecule has 0 spiro atoms. The maximum Gasteiger partial charge on any atom is 0.243 e. The van der Waals surface area contributed by atoms with Crippen molar-refractivity contribution in [3.8, 4) is 0 Å². The molecule has 0 atom stereocenters. The van der Waals surface area contributed by atoms with Gasteiger partial charge in [0, 0.05) is 31.9 Å². The minimum absolute atomic E-state index is 0.0153. The molecule has 4 nitrogen and oxygen atoms in total. The molecule has 1 heterocycles. The van der Waals surface area contributed by atoms with Crippen LogP contribution in [0.5, 0.6) is 0 Å². The van der Waals surface area contributed by atoms with Gasteiger partial charge in [0.25, 0.3) is 0 Å². The Bertz CT molecular complexity index is 860. The van der Waals surface area contributed by atoms with E-state index in [1.807, 2.05) is 24.3 Å². The van der Waals surface area contributed by atoms with Crippen LogP contribution >= 0.6 is 0 Å². The number of benzene rings is 2. The fourth-order valence-corrected chi connectivity index (χ4v) is 4.79. The van der Waals surface area contributed by atoms with Gasteiger partial charge >= 0.3 is 0 Å². The van der Waals surface area contributed by atoms with E-state index >= 15 is 0 Å². The molecule has 26 heavy (non-hydrogen) atoms. The Morgan fingerprint density at radius 3 is 1.96 bits per heavy atom. The second-order valence-corrected chi connectivity index (χ2v) is 9.89. The van der Waals surface area contributed by atoms with Gasteiger partial charge in [-0.2, -0.15) is 4.31 Å². The Balaban J connectivity index is 1.73. The predicted octanol–water partition coefficient (Wildman–Crippen LogP) is 3.80. The van der Waals surface area contributed by atoms with E-state index in [-0.39, 0.29) is 5.41 Å². The molecule has 0 aliphatic carbocycles. The lowest BCUT2D eigenvalue weighted by atomic mass is 9.87. The van der Waals surface area contributed by atoms with Crippen molar-refractivity contribution < 1.29 is 8.42 Å². The Morgan fingerprint density at radius 2 is 1.42 bits per heavy atom. The van der Waals surface area contributed by atoms with E-state index in [0.29, 0.717) is 31.1 Å². The molecule has 0 radical (unpaired) electrons. The largest absolute Gasteiger partial charge is 0.369 e. The molecule has 3 rings (SSSR count). The molecule has 0 saturated carbocycles. The lowest BCUT2D eigenvalue weighted by Gasteiger charge is -2.36. The first-order valence-corrected chi connectivity index (χ1v) is 10.5. The zero-order valence-corrected chi connectivity index (χ0v) is 16.9. The number of aryl methyl sites for hydroxylation is 1. The summed E-state index contributed by atoms with van der Waals surface area (Å²) >= 11 is 0. The van der Waals surface area contributed by atoms with Crippen molar-refractivity contribution in [3.63, 3.8) is 0 Å². The van der Waals surface area contributed by atoms with Gasteiger partial charge in [0.2, 0.25) is 10.0 Å². The highest BCUT2D eigenvalue weighted by molar-refractivity contribution is 7.89. The van der Waals surface area contributed by atoms with E-state index in [1.165, 1.54) is 11.3 Å². The first-order chi connectivity index (χ1) is 12.2. The zero-order valence-electron chi connectivity index (χ0n) is 16.1. The first kappa shape index (κ1) is 18.9. The zero-order chi connectivity index (χ0) is 18.9. The normalized spacial score (nSPS) is 16.7. The van der Waals surface area contributed by atoms with Crippen molar-refractivity contribution in [2.75, 3.05) is 31.1 Å². The number of para-hydroxylation sites is 1. The van der Waals surface area contributed by atoms with Gasteiger partial charge in [-0.3, -0.25) is 0 Å². The van der Waals surface area contributed by atoms with Gasteiger partial charge in [-0.05, 0) is 41.7 Å². The molecule has 2 aromatic rings. The molecule has 1 aliphatic rings. The Morgan fingerprint density at radius 1 is 0.846 bits per heavy atom. The van der Waals surface area contributed by atoms with E-state index in [1.54, 1.807) is 16.4 Å². The average molecular weight is 373 g/mol. The van der Waals surface area contributed by atoms with E-state index in [2.05, 4.69) is 44.7 Å². The van der Waals surface area contributed by atoms with E-state index in [0.717, 1.165) is 5.56 Å². The first-order valence-electron chi connectivity index (χ1n) is 9.11. The van der Waals surface area contributed by atoms with Gasteiger partial charge in [-0.25, -0.2) is 8.42 Å². The fourth-order valence-electron chi connectivity index (χ4n) is 3.36. The molecular formula is C21H28N2O2S. The number of hydrogen-bond donors (Lipinski definition) is 0. The standard InChI is InChI=1S/C21H28N2O2S/c1-17-7-5-6-8-20(17)22-13-15-23(16-14-22)26(24,25)19-11-9-18(10-12-19)21(2,3)4/h5-12H,13-16H2,1-4H3. The molecule has 140 valence electrons. The van der Waals surface area contributed by atoms with E-state index < -0.39 is 10.0 Å². The number of hydrogen-bond acceptors (Lipinski definition) is 3. The molecule has 0 bridgehead atoms. The van der Waals surface area contributed by atoms with Crippen molar-refractivity contribution >= 4 is 15.7 Å². The van der Waals surface area contributed by atoms with Crippen LogP contribution < -0.4 is 4.90 Å². The molecule has 5 heteroatoms. The van der Waals surface area contributed by atoms with Gasteiger partial charge in [0.05, 0.1) is 4.90 Å². The van der Waals surface area contributed by atoms with Crippen LogP contribution in [0.25, 0.3) is 0 Å². The maximum absolute atomic E-state index is 13.0. The highest BCUT2D eigenvalue weighted by Crippen LogP contribution is 2.26. The highest BCUT2D eigenvalue weighted by Gasteiger charge is 2.29. The number of piperazine rings is 1. The van der Waals surface area contributed by atoms with Crippen LogP contribution in [0.15, 0.2) is 53.4 Å². The smallest absolute Gasteiger partial charge is 0.243 e. The van der Waals surface area contributed by atoms with Crippen molar-refractivity contribution in [2.45, 2.75) is 38.0 Å². The summed E-state index contributed by atoms with van der Waals surface area (Å²) in [6.07, 6.45) is 0. The van der Waals surface area contributed by atoms with Crippen molar-refractivity contribution in [1.29, 1.82) is 0 Å². The van der Waals surface area contributed by atoms with Gasteiger partial charge in [-0.1, -0.05) is 51.1 Å². The van der Waals surface area contributed by atoms with Crippen LogP contribution in [0.2, 0.25) is 0 Å². The van der Waals surface area contributed by atoms with Gasteiger partial charge in [0.1, 0.15) is 0 Å². The summed E-state index contributed by atoms with van der Waals surface area (Å²) in [4.78, 5) is 2.65. The highest BCUT2D eigenvalue weighted by atomic mass is 32.2.